The van der Waals surface area contributed by atoms with Gasteiger partial charge >= 0.3 is 0 Å². The van der Waals surface area contributed by atoms with Crippen LogP contribution < -0.4 is 0 Å². The van der Waals surface area contributed by atoms with E-state index in [2.05, 4.69) is 21.7 Å². The number of hydrogen-bond acceptors (Lipinski definition) is 3. The zero-order chi connectivity index (χ0) is 24.9. The molecule has 36 heavy (non-hydrogen) atoms. The van der Waals surface area contributed by atoms with Crippen molar-refractivity contribution in [3.05, 3.63) is 77.1 Å². The number of amides is 1. The van der Waals surface area contributed by atoms with Gasteiger partial charge in [0.05, 0.1) is 18.6 Å². The van der Waals surface area contributed by atoms with Gasteiger partial charge in [0, 0.05) is 49.0 Å². The number of carbonyl (C=O) groups is 1. The highest BCUT2D eigenvalue weighted by atomic mass is 35.5. The molecule has 0 spiro atoms. The maximum atomic E-state index is 13.4. The number of piperidine rings is 1. The van der Waals surface area contributed by atoms with E-state index in [4.69, 9.17) is 11.6 Å². The average Bonchev–Trinajstić information content (AvgIpc) is 3.44. The van der Waals surface area contributed by atoms with E-state index in [0.29, 0.717) is 43.4 Å². The third kappa shape index (κ3) is 4.02. The smallest absolute Gasteiger partial charge is 0.272 e. The number of nitrogens with zero attached hydrogens (tertiary/aromatic N) is 4. The molecule has 2 aromatic carbocycles. The second-order valence-corrected chi connectivity index (χ2v) is 10.8. The van der Waals surface area contributed by atoms with Crippen LogP contribution in [0.15, 0.2) is 60.9 Å². The van der Waals surface area contributed by atoms with Gasteiger partial charge in [-0.05, 0) is 48.4 Å². The summed E-state index contributed by atoms with van der Waals surface area (Å²) in [6, 6.07) is 16.2. The molecule has 0 N–H and O–H groups in total. The van der Waals surface area contributed by atoms with E-state index in [9.17, 15) is 13.6 Å². The van der Waals surface area contributed by atoms with Crippen LogP contribution in [0.25, 0.3) is 11.4 Å². The van der Waals surface area contributed by atoms with Gasteiger partial charge in [-0.3, -0.25) is 9.69 Å². The molecule has 6 rings (SSSR count). The first-order valence-electron chi connectivity index (χ1n) is 12.6. The fourth-order valence-corrected chi connectivity index (χ4v) is 6.44. The normalized spacial score (nSPS) is 23.2. The summed E-state index contributed by atoms with van der Waals surface area (Å²) in [4.78, 5) is 21.8. The molecule has 2 saturated heterocycles. The molecule has 0 radical (unpaired) electrons. The quantitative estimate of drug-likeness (QED) is 0.453. The lowest BCUT2D eigenvalue weighted by molar-refractivity contribution is -0.138. The van der Waals surface area contributed by atoms with E-state index >= 15 is 0 Å². The molecule has 0 aliphatic carbocycles. The van der Waals surface area contributed by atoms with Crippen molar-refractivity contribution < 1.29 is 13.6 Å². The number of halogens is 3. The standard InChI is InChI=1S/C28H29ClF2N4O/c29-22-7-5-21(6-8-22)28(24-4-2-1-3-23(24)26-32-13-16-35(26)28)12-9-25(36)34-14-10-20(11-15-34)17-33-18-27(30,31)19-33/h1-8,13,16,20H,9-12,14-15,17-19H2. The van der Waals surface area contributed by atoms with Crippen molar-refractivity contribution >= 4 is 17.5 Å². The Hall–Kier alpha value is -2.77. The van der Waals surface area contributed by atoms with Crippen LogP contribution in [0.5, 0.6) is 0 Å². The van der Waals surface area contributed by atoms with Crippen molar-refractivity contribution in [3.63, 3.8) is 0 Å². The molecule has 2 fully saturated rings. The van der Waals surface area contributed by atoms with Crippen molar-refractivity contribution in [2.75, 3.05) is 32.7 Å². The summed E-state index contributed by atoms with van der Waals surface area (Å²) in [6.07, 6.45) is 6.55. The number of likely N-dealkylation sites (tertiary alicyclic amines) is 2. The van der Waals surface area contributed by atoms with Crippen molar-refractivity contribution in [1.82, 2.24) is 19.4 Å². The molecule has 3 aliphatic rings. The van der Waals surface area contributed by atoms with Gasteiger partial charge in [0.15, 0.2) is 0 Å². The Bertz CT molecular complexity index is 1260. The van der Waals surface area contributed by atoms with Gasteiger partial charge in [-0.2, -0.15) is 0 Å². The van der Waals surface area contributed by atoms with Crippen LogP contribution in [0, 0.1) is 5.92 Å². The van der Waals surface area contributed by atoms with Crippen LogP contribution in [-0.4, -0.2) is 63.9 Å². The third-order valence-corrected chi connectivity index (χ3v) is 8.33. The zero-order valence-electron chi connectivity index (χ0n) is 20.0. The molecule has 4 heterocycles. The number of hydrogen-bond donors (Lipinski definition) is 0. The second kappa shape index (κ2) is 8.96. The van der Waals surface area contributed by atoms with E-state index in [1.807, 2.05) is 58.6 Å². The summed E-state index contributed by atoms with van der Waals surface area (Å²) >= 11 is 6.22. The van der Waals surface area contributed by atoms with Gasteiger partial charge in [-0.1, -0.05) is 48.0 Å². The Labute approximate surface area is 214 Å². The van der Waals surface area contributed by atoms with Gasteiger partial charge in [-0.25, -0.2) is 13.8 Å². The molecule has 1 atom stereocenters. The number of benzene rings is 2. The minimum absolute atomic E-state index is 0.128. The summed E-state index contributed by atoms with van der Waals surface area (Å²) < 4.78 is 28.5. The lowest BCUT2D eigenvalue weighted by atomic mass is 9.79. The van der Waals surface area contributed by atoms with Gasteiger partial charge in [-0.15, -0.1) is 0 Å². The summed E-state index contributed by atoms with van der Waals surface area (Å²) in [5, 5.41) is 0.673. The predicted octanol–water partition coefficient (Wildman–Crippen LogP) is 5.28. The molecule has 3 aromatic rings. The molecule has 0 saturated carbocycles. The molecule has 1 amide bonds. The minimum Gasteiger partial charge on any atom is -0.343 e. The molecular formula is C28H29ClF2N4O. The van der Waals surface area contributed by atoms with E-state index in [1.165, 1.54) is 0 Å². The molecule has 0 bridgehead atoms. The van der Waals surface area contributed by atoms with Crippen LogP contribution in [0.4, 0.5) is 8.78 Å². The second-order valence-electron chi connectivity index (χ2n) is 10.4. The fraction of sp³-hybridized carbons (Fsp3) is 0.429. The maximum absolute atomic E-state index is 13.4. The summed E-state index contributed by atoms with van der Waals surface area (Å²) in [6.45, 7) is 1.83. The minimum atomic E-state index is -2.52. The first-order valence-corrected chi connectivity index (χ1v) is 13.0. The fourth-order valence-electron chi connectivity index (χ4n) is 6.31. The first kappa shape index (κ1) is 23.6. The monoisotopic (exact) mass is 510 g/mol. The Kier molecular flexibility index (Phi) is 5.88. The summed E-state index contributed by atoms with van der Waals surface area (Å²) in [5.41, 5.74) is 2.77. The molecule has 1 aromatic heterocycles. The highest BCUT2D eigenvalue weighted by Crippen LogP contribution is 2.49. The first-order chi connectivity index (χ1) is 17.4. The predicted molar refractivity (Wildman–Crippen MR) is 135 cm³/mol. The van der Waals surface area contributed by atoms with E-state index in [-0.39, 0.29) is 19.0 Å². The number of aromatic nitrogens is 2. The molecule has 8 heteroatoms. The Balaban J connectivity index is 1.19. The van der Waals surface area contributed by atoms with Crippen molar-refractivity contribution in [2.24, 2.45) is 5.92 Å². The summed E-state index contributed by atoms with van der Waals surface area (Å²) in [7, 11) is 0. The maximum Gasteiger partial charge on any atom is 0.272 e. The van der Waals surface area contributed by atoms with Crippen LogP contribution >= 0.6 is 11.6 Å². The lowest BCUT2D eigenvalue weighted by Crippen LogP contribution is -2.57. The Morgan fingerprint density at radius 2 is 1.78 bits per heavy atom. The molecule has 1 unspecified atom stereocenters. The Morgan fingerprint density at radius 3 is 2.50 bits per heavy atom. The average molecular weight is 511 g/mol. The number of rotatable bonds is 6. The van der Waals surface area contributed by atoms with Gasteiger partial charge in [0.1, 0.15) is 5.82 Å². The largest absolute Gasteiger partial charge is 0.343 e. The van der Waals surface area contributed by atoms with Gasteiger partial charge in [0.2, 0.25) is 5.91 Å². The SMILES string of the molecule is O=C(CCC1(c2ccc(Cl)cc2)c2ccccc2-c2nccn21)N1CCC(CN2CC(F)(F)C2)CC1. The topological polar surface area (TPSA) is 41.4 Å². The van der Waals surface area contributed by atoms with Crippen molar-refractivity contribution in [1.29, 1.82) is 0 Å². The van der Waals surface area contributed by atoms with Crippen LogP contribution in [-0.2, 0) is 10.3 Å². The third-order valence-electron chi connectivity index (χ3n) is 8.08. The summed E-state index contributed by atoms with van der Waals surface area (Å²) in [5.74, 6) is -1.10. The highest BCUT2D eigenvalue weighted by Gasteiger charge is 2.46. The molecular weight excluding hydrogens is 482 g/mol. The lowest BCUT2D eigenvalue weighted by Gasteiger charge is -2.42. The zero-order valence-corrected chi connectivity index (χ0v) is 20.8. The number of imidazole rings is 1. The molecule has 5 nitrogen and oxygen atoms in total. The number of alkyl halides is 2. The molecule has 3 aliphatic heterocycles. The van der Waals surface area contributed by atoms with E-state index in [0.717, 1.165) is 35.4 Å². The van der Waals surface area contributed by atoms with Crippen LogP contribution in [0.1, 0.15) is 36.8 Å². The van der Waals surface area contributed by atoms with Gasteiger partial charge in [0.25, 0.3) is 5.92 Å². The van der Waals surface area contributed by atoms with Crippen molar-refractivity contribution in [2.45, 2.75) is 37.1 Å². The van der Waals surface area contributed by atoms with E-state index < -0.39 is 11.5 Å². The Morgan fingerprint density at radius 1 is 1.06 bits per heavy atom. The van der Waals surface area contributed by atoms with E-state index in [1.54, 1.807) is 0 Å². The van der Waals surface area contributed by atoms with Crippen LogP contribution in [0.2, 0.25) is 5.02 Å². The number of fused-ring (bicyclic) bond motifs is 3. The number of carbonyl (C=O) groups excluding carboxylic acids is 1. The van der Waals surface area contributed by atoms with Gasteiger partial charge < -0.3 is 9.47 Å². The highest BCUT2D eigenvalue weighted by molar-refractivity contribution is 6.30. The van der Waals surface area contributed by atoms with Crippen molar-refractivity contribution in [3.8, 4) is 11.4 Å². The van der Waals surface area contributed by atoms with Crippen LogP contribution in [0.3, 0.4) is 0 Å². The molecule has 188 valence electrons.